The summed E-state index contributed by atoms with van der Waals surface area (Å²) in [5, 5.41) is 8.86. The Morgan fingerprint density at radius 3 is 2.57 bits per heavy atom. The van der Waals surface area contributed by atoms with E-state index in [1.807, 2.05) is 0 Å². The number of amides is 1. The Morgan fingerprint density at radius 2 is 2.14 bits per heavy atom. The fourth-order valence-corrected chi connectivity index (χ4v) is 0.910. The fraction of sp³-hybridized carbons (Fsp3) is 0.143. The third-order valence-electron chi connectivity index (χ3n) is 1.54. The number of primary amides is 1. The summed E-state index contributed by atoms with van der Waals surface area (Å²) in [6.45, 7) is 0. The number of aromatic amines is 1. The molecule has 1 heterocycles. The lowest BCUT2D eigenvalue weighted by atomic mass is 10.2. The smallest absolute Gasteiger partial charge is 0.290 e. The van der Waals surface area contributed by atoms with E-state index in [1.54, 1.807) is 4.98 Å². The van der Waals surface area contributed by atoms with Crippen LogP contribution >= 0.6 is 0 Å². The molecule has 7 heteroatoms. The normalized spacial score (nSPS) is 10.5. The molecule has 0 spiro atoms. The van der Waals surface area contributed by atoms with Crippen molar-refractivity contribution in [2.24, 2.45) is 5.73 Å². The van der Waals surface area contributed by atoms with E-state index in [0.29, 0.717) is 6.07 Å². The summed E-state index contributed by atoms with van der Waals surface area (Å²) < 4.78 is 24.5. The summed E-state index contributed by atoms with van der Waals surface area (Å²) in [6, 6.07) is 0.614. The van der Waals surface area contributed by atoms with Crippen LogP contribution in [-0.4, -0.2) is 16.0 Å². The molecule has 0 aliphatic heterocycles. The Balaban J connectivity index is 3.47. The van der Waals surface area contributed by atoms with Gasteiger partial charge in [0.05, 0.1) is 11.3 Å². The maximum absolute atomic E-state index is 12.2. The molecule has 0 saturated heterocycles. The van der Waals surface area contributed by atoms with Crippen molar-refractivity contribution in [1.29, 1.82) is 0 Å². The first-order valence-electron chi connectivity index (χ1n) is 3.47. The summed E-state index contributed by atoms with van der Waals surface area (Å²) >= 11 is 0. The number of carbonyl (C=O) groups excluding carboxylic acids is 1. The van der Waals surface area contributed by atoms with Crippen molar-refractivity contribution in [2.75, 3.05) is 0 Å². The number of rotatable bonds is 2. The number of nitrogens with one attached hydrogen (secondary N) is 1. The van der Waals surface area contributed by atoms with Crippen molar-refractivity contribution >= 4 is 5.91 Å². The molecule has 1 rings (SSSR count). The van der Waals surface area contributed by atoms with Crippen LogP contribution in [0.1, 0.15) is 22.5 Å². The zero-order chi connectivity index (χ0) is 10.9. The van der Waals surface area contributed by atoms with E-state index < -0.39 is 34.9 Å². The van der Waals surface area contributed by atoms with Crippen molar-refractivity contribution in [1.82, 2.24) is 4.98 Å². The molecule has 1 aromatic heterocycles. The van der Waals surface area contributed by atoms with Gasteiger partial charge in [0, 0.05) is 6.07 Å². The minimum absolute atomic E-state index is 0.600. The highest BCUT2D eigenvalue weighted by Gasteiger charge is 2.19. The van der Waals surface area contributed by atoms with Gasteiger partial charge in [0.15, 0.2) is 5.75 Å². The highest BCUT2D eigenvalue weighted by atomic mass is 19.3. The zero-order valence-corrected chi connectivity index (χ0v) is 6.75. The molecule has 5 nitrogen and oxygen atoms in total. The Hall–Kier alpha value is -1.92. The highest BCUT2D eigenvalue weighted by molar-refractivity contribution is 5.94. The molecule has 4 N–H and O–H groups in total. The second-order valence-electron chi connectivity index (χ2n) is 2.48. The third kappa shape index (κ3) is 1.70. The average molecular weight is 204 g/mol. The van der Waals surface area contributed by atoms with Crippen LogP contribution in [0.25, 0.3) is 0 Å². The van der Waals surface area contributed by atoms with Crippen LogP contribution in [0, 0.1) is 0 Å². The standard InChI is InChI=1S/C7H6F2N2O3/c8-5(9)4-2(6(10)13)1-3(12)7(14)11-4/h1,5,12H,(H2,10,13)(H,11,14). The second kappa shape index (κ2) is 3.44. The fourth-order valence-electron chi connectivity index (χ4n) is 0.910. The zero-order valence-electron chi connectivity index (χ0n) is 6.75. The van der Waals surface area contributed by atoms with Crippen molar-refractivity contribution in [3.05, 3.63) is 27.7 Å². The van der Waals surface area contributed by atoms with Crippen molar-refractivity contribution in [3.63, 3.8) is 0 Å². The molecule has 1 amide bonds. The molecule has 0 saturated carbocycles. The van der Waals surface area contributed by atoms with Gasteiger partial charge in [-0.25, -0.2) is 8.78 Å². The van der Waals surface area contributed by atoms with Gasteiger partial charge >= 0.3 is 0 Å². The van der Waals surface area contributed by atoms with Gasteiger partial charge in [0.1, 0.15) is 0 Å². The maximum Gasteiger partial charge on any atom is 0.290 e. The summed E-state index contributed by atoms with van der Waals surface area (Å²) in [5.41, 5.74) is 2.19. The molecule has 0 aromatic carbocycles. The molecule has 0 radical (unpaired) electrons. The van der Waals surface area contributed by atoms with Crippen LogP contribution in [0.3, 0.4) is 0 Å². The lowest BCUT2D eigenvalue weighted by Gasteiger charge is -2.05. The number of pyridine rings is 1. The molecule has 0 fully saturated rings. The van der Waals surface area contributed by atoms with Crippen LogP contribution in [-0.2, 0) is 0 Å². The molecule has 1 aromatic rings. The Morgan fingerprint density at radius 1 is 1.57 bits per heavy atom. The van der Waals surface area contributed by atoms with Crippen molar-refractivity contribution < 1.29 is 18.7 Å². The summed E-state index contributed by atoms with van der Waals surface area (Å²) in [4.78, 5) is 23.0. The molecule has 0 bridgehead atoms. The highest BCUT2D eigenvalue weighted by Crippen LogP contribution is 2.20. The van der Waals surface area contributed by atoms with Crippen LogP contribution in [0.4, 0.5) is 8.78 Å². The average Bonchev–Trinajstić information content (AvgIpc) is 2.08. The summed E-state index contributed by atoms with van der Waals surface area (Å²) in [5.74, 6) is -1.98. The minimum atomic E-state index is -3.04. The Bertz CT molecular complexity index is 427. The van der Waals surface area contributed by atoms with Crippen LogP contribution < -0.4 is 11.3 Å². The molecule has 14 heavy (non-hydrogen) atoms. The van der Waals surface area contributed by atoms with E-state index in [2.05, 4.69) is 0 Å². The Kier molecular flexibility index (Phi) is 2.50. The largest absolute Gasteiger partial charge is 0.503 e. The molecule has 0 unspecified atom stereocenters. The van der Waals surface area contributed by atoms with E-state index in [9.17, 15) is 18.4 Å². The van der Waals surface area contributed by atoms with E-state index in [4.69, 9.17) is 10.8 Å². The van der Waals surface area contributed by atoms with Gasteiger partial charge in [-0.1, -0.05) is 0 Å². The van der Waals surface area contributed by atoms with E-state index >= 15 is 0 Å². The van der Waals surface area contributed by atoms with Gasteiger partial charge in [-0.15, -0.1) is 0 Å². The second-order valence-corrected chi connectivity index (χ2v) is 2.48. The monoisotopic (exact) mass is 204 g/mol. The van der Waals surface area contributed by atoms with Crippen LogP contribution in [0.15, 0.2) is 10.9 Å². The number of hydrogen-bond acceptors (Lipinski definition) is 3. The molecular weight excluding hydrogens is 198 g/mol. The first-order chi connectivity index (χ1) is 6.43. The minimum Gasteiger partial charge on any atom is -0.503 e. The number of nitrogens with two attached hydrogens (primary N) is 1. The molecule has 76 valence electrons. The van der Waals surface area contributed by atoms with Crippen LogP contribution in [0.5, 0.6) is 5.75 Å². The number of aromatic hydroxyl groups is 1. The number of alkyl halides is 2. The first-order valence-corrected chi connectivity index (χ1v) is 3.47. The lowest BCUT2D eigenvalue weighted by molar-refractivity contribution is 0.0982. The van der Waals surface area contributed by atoms with E-state index in [1.165, 1.54) is 0 Å². The lowest BCUT2D eigenvalue weighted by Crippen LogP contribution is -2.19. The number of aromatic nitrogens is 1. The summed E-state index contributed by atoms with van der Waals surface area (Å²) in [6.07, 6.45) is -3.04. The predicted molar refractivity (Wildman–Crippen MR) is 42.2 cm³/mol. The van der Waals surface area contributed by atoms with Gasteiger partial charge in [-0.3, -0.25) is 9.59 Å². The van der Waals surface area contributed by atoms with Gasteiger partial charge in [0.2, 0.25) is 0 Å². The first kappa shape index (κ1) is 10.2. The number of H-pyrrole nitrogens is 1. The predicted octanol–water partition coefficient (Wildman–Crippen LogP) is 0.117. The van der Waals surface area contributed by atoms with Gasteiger partial charge in [-0.05, 0) is 0 Å². The number of carbonyl (C=O) groups is 1. The quantitative estimate of drug-likeness (QED) is 0.638. The Labute approximate surface area is 76.2 Å². The maximum atomic E-state index is 12.2. The van der Waals surface area contributed by atoms with E-state index in [0.717, 1.165) is 0 Å². The molecule has 0 atom stereocenters. The third-order valence-corrected chi connectivity index (χ3v) is 1.54. The van der Waals surface area contributed by atoms with Crippen LogP contribution in [0.2, 0.25) is 0 Å². The van der Waals surface area contributed by atoms with Crippen molar-refractivity contribution in [2.45, 2.75) is 6.43 Å². The number of halogens is 2. The van der Waals surface area contributed by atoms with Gasteiger partial charge in [-0.2, -0.15) is 0 Å². The van der Waals surface area contributed by atoms with Crippen molar-refractivity contribution in [3.8, 4) is 5.75 Å². The summed E-state index contributed by atoms with van der Waals surface area (Å²) in [7, 11) is 0. The van der Waals surface area contributed by atoms with Gasteiger partial charge in [0.25, 0.3) is 17.9 Å². The van der Waals surface area contributed by atoms with Gasteiger partial charge < -0.3 is 15.8 Å². The molecule has 0 aliphatic rings. The molecule has 0 aliphatic carbocycles. The molecular formula is C7H6F2N2O3. The van der Waals surface area contributed by atoms with E-state index in [-0.39, 0.29) is 0 Å². The number of hydrogen-bond donors (Lipinski definition) is 3. The SMILES string of the molecule is NC(=O)c1cc(O)c(=O)[nH]c1C(F)F. The topological polar surface area (TPSA) is 96.2 Å².